The predicted molar refractivity (Wildman–Crippen MR) is 109 cm³/mol. The second-order valence-corrected chi connectivity index (χ2v) is 9.01. The third-order valence-electron chi connectivity index (χ3n) is 4.42. The summed E-state index contributed by atoms with van der Waals surface area (Å²) in [4.78, 5) is 8.78. The lowest BCUT2D eigenvalue weighted by Gasteiger charge is -2.36. The second-order valence-electron chi connectivity index (χ2n) is 6.55. The number of hydrogen-bond donors (Lipinski definition) is 1. The highest BCUT2D eigenvalue weighted by Crippen LogP contribution is 2.28. The van der Waals surface area contributed by atoms with Crippen LogP contribution in [0.1, 0.15) is 6.92 Å². The lowest BCUT2D eigenvalue weighted by atomic mass is 10.2. The molecule has 1 aliphatic rings. The molecule has 1 aromatic heterocycles. The van der Waals surface area contributed by atoms with Crippen molar-refractivity contribution in [3.63, 3.8) is 0 Å². The summed E-state index contributed by atoms with van der Waals surface area (Å²) in [5.41, 5.74) is 0. The summed E-state index contributed by atoms with van der Waals surface area (Å²) in [5, 5.41) is 0.234. The van der Waals surface area contributed by atoms with E-state index in [0.29, 0.717) is 6.54 Å². The number of anilines is 1. The summed E-state index contributed by atoms with van der Waals surface area (Å²) in [7, 11) is -3.79. The fourth-order valence-electron chi connectivity index (χ4n) is 3.19. The molecule has 0 saturated carbocycles. The standard InChI is InChI=1S/C18H22Cl2N4O2S/c1-14(22-27(25,26)18-15(19)5-4-6-16(18)20)13-23-9-11-24(12-10-23)17-7-2-3-8-21-17/h2-8,14,22H,9-13H2,1H3. The average molecular weight is 429 g/mol. The van der Waals surface area contributed by atoms with Gasteiger partial charge in [-0.2, -0.15) is 0 Å². The molecular formula is C18H22Cl2N4O2S. The first-order chi connectivity index (χ1) is 12.9. The number of piperazine rings is 1. The van der Waals surface area contributed by atoms with Crippen molar-refractivity contribution in [1.29, 1.82) is 0 Å². The van der Waals surface area contributed by atoms with Crippen LogP contribution >= 0.6 is 23.2 Å². The molecule has 9 heteroatoms. The molecule has 0 amide bonds. The van der Waals surface area contributed by atoms with Gasteiger partial charge in [0.05, 0.1) is 10.0 Å². The van der Waals surface area contributed by atoms with Crippen LogP contribution in [-0.4, -0.2) is 57.1 Å². The van der Waals surface area contributed by atoms with Crippen molar-refractivity contribution < 1.29 is 8.42 Å². The molecule has 2 aromatic rings. The molecule has 0 spiro atoms. The molecule has 1 unspecified atom stereocenters. The van der Waals surface area contributed by atoms with Gasteiger partial charge < -0.3 is 4.90 Å². The first kappa shape index (κ1) is 20.4. The summed E-state index contributed by atoms with van der Waals surface area (Å²) in [6.07, 6.45) is 1.79. The number of nitrogens with one attached hydrogen (secondary N) is 1. The molecule has 3 rings (SSSR count). The van der Waals surface area contributed by atoms with Gasteiger partial charge in [-0.3, -0.25) is 4.90 Å². The summed E-state index contributed by atoms with van der Waals surface area (Å²) in [6, 6.07) is 10.3. The van der Waals surface area contributed by atoms with Crippen LogP contribution in [0.3, 0.4) is 0 Å². The van der Waals surface area contributed by atoms with Gasteiger partial charge in [0.25, 0.3) is 0 Å². The fraction of sp³-hybridized carbons (Fsp3) is 0.389. The van der Waals surface area contributed by atoms with Gasteiger partial charge >= 0.3 is 0 Å². The minimum absolute atomic E-state index is 0.0693. The van der Waals surface area contributed by atoms with E-state index in [1.807, 2.05) is 25.1 Å². The van der Waals surface area contributed by atoms with Gasteiger partial charge in [0.2, 0.25) is 10.0 Å². The minimum atomic E-state index is -3.79. The molecule has 27 heavy (non-hydrogen) atoms. The Hall–Kier alpha value is -1.38. The highest BCUT2D eigenvalue weighted by atomic mass is 35.5. The van der Waals surface area contributed by atoms with Gasteiger partial charge in [-0.25, -0.2) is 18.1 Å². The number of aromatic nitrogens is 1. The Morgan fingerprint density at radius 2 is 1.74 bits per heavy atom. The smallest absolute Gasteiger partial charge is 0.243 e. The molecule has 1 aromatic carbocycles. The van der Waals surface area contributed by atoms with E-state index in [2.05, 4.69) is 19.5 Å². The van der Waals surface area contributed by atoms with E-state index in [1.165, 1.54) is 12.1 Å². The highest BCUT2D eigenvalue weighted by Gasteiger charge is 2.25. The maximum atomic E-state index is 12.6. The monoisotopic (exact) mass is 428 g/mol. The van der Waals surface area contributed by atoms with Crippen molar-refractivity contribution >= 4 is 39.0 Å². The molecule has 146 valence electrons. The Morgan fingerprint density at radius 3 is 2.33 bits per heavy atom. The molecular weight excluding hydrogens is 407 g/mol. The van der Waals surface area contributed by atoms with E-state index in [-0.39, 0.29) is 21.0 Å². The highest BCUT2D eigenvalue weighted by molar-refractivity contribution is 7.89. The molecule has 0 bridgehead atoms. The van der Waals surface area contributed by atoms with Gasteiger partial charge in [-0.1, -0.05) is 35.3 Å². The molecule has 1 atom stereocenters. The maximum Gasteiger partial charge on any atom is 0.243 e. The van der Waals surface area contributed by atoms with Crippen molar-refractivity contribution in [3.05, 3.63) is 52.6 Å². The molecule has 1 fully saturated rings. The Bertz CT molecular complexity index is 852. The van der Waals surface area contributed by atoms with Crippen molar-refractivity contribution in [2.24, 2.45) is 0 Å². The molecule has 1 saturated heterocycles. The first-order valence-corrected chi connectivity index (χ1v) is 11.0. The maximum absolute atomic E-state index is 12.6. The van der Waals surface area contributed by atoms with E-state index in [9.17, 15) is 8.42 Å². The number of nitrogens with zero attached hydrogens (tertiary/aromatic N) is 3. The zero-order valence-electron chi connectivity index (χ0n) is 15.0. The third kappa shape index (κ3) is 5.12. The van der Waals surface area contributed by atoms with Crippen LogP contribution < -0.4 is 9.62 Å². The van der Waals surface area contributed by atoms with Crippen LogP contribution in [0.15, 0.2) is 47.5 Å². The van der Waals surface area contributed by atoms with Crippen molar-refractivity contribution in [1.82, 2.24) is 14.6 Å². The van der Waals surface area contributed by atoms with Crippen LogP contribution in [0.2, 0.25) is 10.0 Å². The predicted octanol–water partition coefficient (Wildman–Crippen LogP) is 2.88. The van der Waals surface area contributed by atoms with Crippen LogP contribution in [0.5, 0.6) is 0 Å². The van der Waals surface area contributed by atoms with Gasteiger partial charge in [0.1, 0.15) is 10.7 Å². The number of pyridine rings is 1. The number of benzene rings is 1. The molecule has 2 heterocycles. The summed E-state index contributed by atoms with van der Waals surface area (Å²) in [5.74, 6) is 0.972. The molecule has 6 nitrogen and oxygen atoms in total. The van der Waals surface area contributed by atoms with E-state index in [1.54, 1.807) is 12.3 Å². The molecule has 1 aliphatic heterocycles. The van der Waals surface area contributed by atoms with Gasteiger partial charge in [0.15, 0.2) is 0 Å². The SMILES string of the molecule is CC(CN1CCN(c2ccccn2)CC1)NS(=O)(=O)c1c(Cl)cccc1Cl. The lowest BCUT2D eigenvalue weighted by molar-refractivity contribution is 0.241. The zero-order valence-corrected chi connectivity index (χ0v) is 17.3. The quantitative estimate of drug-likeness (QED) is 0.765. The normalized spacial score (nSPS) is 17.1. The molecule has 0 aliphatic carbocycles. The van der Waals surface area contributed by atoms with Crippen molar-refractivity contribution in [3.8, 4) is 0 Å². The Morgan fingerprint density at radius 1 is 1.07 bits per heavy atom. The lowest BCUT2D eigenvalue weighted by Crippen LogP contribution is -2.51. The minimum Gasteiger partial charge on any atom is -0.354 e. The van der Waals surface area contributed by atoms with Gasteiger partial charge in [0, 0.05) is 45.0 Å². The van der Waals surface area contributed by atoms with Gasteiger partial charge in [-0.15, -0.1) is 0 Å². The van der Waals surface area contributed by atoms with Crippen molar-refractivity contribution in [2.75, 3.05) is 37.6 Å². The van der Waals surface area contributed by atoms with Crippen LogP contribution in [0.25, 0.3) is 0 Å². The average Bonchev–Trinajstić information content (AvgIpc) is 2.62. The first-order valence-electron chi connectivity index (χ1n) is 8.71. The number of rotatable bonds is 6. The summed E-state index contributed by atoms with van der Waals surface area (Å²) < 4.78 is 28.0. The number of hydrogen-bond acceptors (Lipinski definition) is 5. The van der Waals surface area contributed by atoms with Gasteiger partial charge in [-0.05, 0) is 31.2 Å². The zero-order chi connectivity index (χ0) is 19.4. The van der Waals surface area contributed by atoms with Crippen LogP contribution in [-0.2, 0) is 10.0 Å². The summed E-state index contributed by atoms with van der Waals surface area (Å²) >= 11 is 12.1. The topological polar surface area (TPSA) is 65.5 Å². The van der Waals surface area contributed by atoms with E-state index >= 15 is 0 Å². The van der Waals surface area contributed by atoms with E-state index < -0.39 is 10.0 Å². The number of sulfonamides is 1. The Labute approximate surface area is 170 Å². The van der Waals surface area contributed by atoms with Crippen LogP contribution in [0, 0.1) is 0 Å². The fourth-order valence-corrected chi connectivity index (χ4v) is 5.57. The second kappa shape index (κ2) is 8.75. The molecule has 0 radical (unpaired) electrons. The molecule has 1 N–H and O–H groups in total. The van der Waals surface area contributed by atoms with Crippen LogP contribution in [0.4, 0.5) is 5.82 Å². The van der Waals surface area contributed by atoms with E-state index in [0.717, 1.165) is 32.0 Å². The third-order valence-corrected chi connectivity index (χ3v) is 6.97. The van der Waals surface area contributed by atoms with Crippen molar-refractivity contribution in [2.45, 2.75) is 17.9 Å². The Balaban J connectivity index is 1.56. The number of halogens is 2. The Kier molecular flexibility index (Phi) is 6.60. The summed E-state index contributed by atoms with van der Waals surface area (Å²) in [6.45, 7) is 5.84. The largest absolute Gasteiger partial charge is 0.354 e. The van der Waals surface area contributed by atoms with E-state index in [4.69, 9.17) is 23.2 Å².